The molecule has 3 fully saturated rings. The van der Waals surface area contributed by atoms with Crippen molar-refractivity contribution < 1.29 is 31.8 Å². The van der Waals surface area contributed by atoms with Crippen molar-refractivity contribution in [3.05, 3.63) is 41.8 Å². The number of hydrogen-bond donors (Lipinski definition) is 2. The average molecular weight is 477 g/mol. The molecule has 2 aromatic heterocycles. The summed E-state index contributed by atoms with van der Waals surface area (Å²) >= 11 is 0. The lowest BCUT2D eigenvalue weighted by Gasteiger charge is -2.70. The van der Waals surface area contributed by atoms with E-state index < -0.39 is 29.6 Å². The third kappa shape index (κ3) is 3.07. The van der Waals surface area contributed by atoms with Crippen molar-refractivity contribution in [2.45, 2.75) is 42.6 Å². The van der Waals surface area contributed by atoms with Crippen molar-refractivity contribution in [2.24, 2.45) is 0 Å². The number of benzene rings is 1. The predicted octanol–water partition coefficient (Wildman–Crippen LogP) is 3.22. The first-order valence-electron chi connectivity index (χ1n) is 10.6. The van der Waals surface area contributed by atoms with Crippen LogP contribution in [-0.4, -0.2) is 46.0 Å². The van der Waals surface area contributed by atoms with Crippen molar-refractivity contribution in [2.75, 3.05) is 19.0 Å². The minimum absolute atomic E-state index is 0.00164. The summed E-state index contributed by atoms with van der Waals surface area (Å²) in [6, 6.07) is 4.90. The summed E-state index contributed by atoms with van der Waals surface area (Å²) in [6.07, 6.45) is -1.86. The van der Waals surface area contributed by atoms with E-state index in [2.05, 4.69) is 20.7 Å². The minimum Gasteiger partial charge on any atom is -0.481 e. The maximum Gasteiger partial charge on any atom is 0.419 e. The summed E-state index contributed by atoms with van der Waals surface area (Å²) in [5, 5.41) is 10.4. The van der Waals surface area contributed by atoms with E-state index in [1.807, 2.05) is 16.9 Å². The lowest BCUT2D eigenvalue weighted by Crippen LogP contribution is -2.79. The SMILES string of the molecule is COc1ccc2nn(C34CC(NC(=O)C5CNc6cc(C(F)(F)F)c(F)cc6O5)(C3)C4)cc2n1. The largest absolute Gasteiger partial charge is 0.481 e. The summed E-state index contributed by atoms with van der Waals surface area (Å²) in [4.78, 5) is 17.2. The Morgan fingerprint density at radius 1 is 1.26 bits per heavy atom. The van der Waals surface area contributed by atoms with Crippen LogP contribution in [0.3, 0.4) is 0 Å². The molecule has 2 bridgehead atoms. The Balaban J connectivity index is 1.11. The summed E-state index contributed by atoms with van der Waals surface area (Å²) in [5.74, 6) is -1.47. The lowest BCUT2D eigenvalue weighted by atomic mass is 9.44. The number of carbonyl (C=O) groups excluding carboxylic acids is 1. The van der Waals surface area contributed by atoms with Gasteiger partial charge in [-0.1, -0.05) is 0 Å². The van der Waals surface area contributed by atoms with Crippen molar-refractivity contribution in [1.82, 2.24) is 20.1 Å². The molecular weight excluding hydrogens is 458 g/mol. The number of rotatable bonds is 4. The molecule has 1 unspecified atom stereocenters. The van der Waals surface area contributed by atoms with Crippen molar-refractivity contribution >= 4 is 22.6 Å². The second kappa shape index (κ2) is 6.73. The third-order valence-corrected chi connectivity index (χ3v) is 6.84. The van der Waals surface area contributed by atoms with Crippen LogP contribution in [0.4, 0.5) is 23.2 Å². The fourth-order valence-electron chi connectivity index (χ4n) is 5.25. The molecule has 3 heterocycles. The van der Waals surface area contributed by atoms with Gasteiger partial charge in [0.15, 0.2) is 6.10 Å². The van der Waals surface area contributed by atoms with Gasteiger partial charge in [-0.05, 0) is 31.4 Å². The molecule has 3 aromatic rings. The number of fused-ring (bicyclic) bond motifs is 2. The van der Waals surface area contributed by atoms with Crippen LogP contribution in [0.1, 0.15) is 24.8 Å². The van der Waals surface area contributed by atoms with Gasteiger partial charge in [0.1, 0.15) is 22.6 Å². The first-order valence-corrected chi connectivity index (χ1v) is 10.6. The number of anilines is 1. The molecule has 0 saturated heterocycles. The molecule has 8 nitrogen and oxygen atoms in total. The van der Waals surface area contributed by atoms with Gasteiger partial charge in [0, 0.05) is 17.7 Å². The summed E-state index contributed by atoms with van der Waals surface area (Å²) in [7, 11) is 1.55. The van der Waals surface area contributed by atoms with Crippen molar-refractivity contribution in [3.8, 4) is 11.6 Å². The zero-order valence-corrected chi connectivity index (χ0v) is 17.9. The van der Waals surface area contributed by atoms with E-state index >= 15 is 0 Å². The number of methoxy groups -OCH3 is 1. The van der Waals surface area contributed by atoms with E-state index in [0.717, 1.165) is 11.0 Å². The zero-order valence-electron chi connectivity index (χ0n) is 17.9. The minimum atomic E-state index is -4.82. The van der Waals surface area contributed by atoms with Gasteiger partial charge in [0.25, 0.3) is 5.91 Å². The van der Waals surface area contributed by atoms with E-state index in [-0.39, 0.29) is 29.1 Å². The topological polar surface area (TPSA) is 90.3 Å². The molecule has 1 amide bonds. The van der Waals surface area contributed by atoms with Crippen LogP contribution in [0.2, 0.25) is 0 Å². The van der Waals surface area contributed by atoms with E-state index in [9.17, 15) is 22.4 Å². The Labute approximate surface area is 190 Å². The van der Waals surface area contributed by atoms with Gasteiger partial charge in [-0.2, -0.15) is 18.3 Å². The van der Waals surface area contributed by atoms with Crippen LogP contribution < -0.4 is 20.1 Å². The number of nitrogens with one attached hydrogen (secondary N) is 2. The smallest absolute Gasteiger partial charge is 0.419 e. The highest BCUT2D eigenvalue weighted by Crippen LogP contribution is 2.65. The number of amides is 1. The van der Waals surface area contributed by atoms with Crippen LogP contribution in [0.25, 0.3) is 11.0 Å². The number of ether oxygens (including phenoxy) is 2. The number of carbonyl (C=O) groups is 1. The molecule has 2 N–H and O–H groups in total. The van der Waals surface area contributed by atoms with Gasteiger partial charge in [0.05, 0.1) is 36.6 Å². The third-order valence-electron chi connectivity index (χ3n) is 6.84. The van der Waals surface area contributed by atoms with Crippen molar-refractivity contribution in [1.29, 1.82) is 0 Å². The Hall–Kier alpha value is -3.57. The Bertz CT molecular complexity index is 1320. The van der Waals surface area contributed by atoms with Gasteiger partial charge in [-0.15, -0.1) is 0 Å². The van der Waals surface area contributed by atoms with Crippen LogP contribution in [0.5, 0.6) is 11.6 Å². The maximum atomic E-state index is 13.9. The molecule has 3 saturated carbocycles. The molecule has 1 atom stereocenters. The van der Waals surface area contributed by atoms with E-state index in [1.165, 1.54) is 0 Å². The average Bonchev–Trinajstić information content (AvgIpc) is 3.16. The molecule has 34 heavy (non-hydrogen) atoms. The van der Waals surface area contributed by atoms with Gasteiger partial charge >= 0.3 is 6.18 Å². The highest BCUT2D eigenvalue weighted by Gasteiger charge is 2.70. The molecule has 178 valence electrons. The van der Waals surface area contributed by atoms with Crippen LogP contribution in [0.15, 0.2) is 30.5 Å². The molecule has 7 rings (SSSR count). The van der Waals surface area contributed by atoms with Crippen LogP contribution in [-0.2, 0) is 16.5 Å². The monoisotopic (exact) mass is 477 g/mol. The van der Waals surface area contributed by atoms with Crippen molar-refractivity contribution in [3.63, 3.8) is 0 Å². The van der Waals surface area contributed by atoms with Crippen LogP contribution in [0, 0.1) is 5.82 Å². The first-order chi connectivity index (χ1) is 16.1. The Morgan fingerprint density at radius 3 is 2.74 bits per heavy atom. The molecule has 12 heteroatoms. The van der Waals surface area contributed by atoms with Gasteiger partial charge in [-0.25, -0.2) is 9.37 Å². The summed E-state index contributed by atoms with van der Waals surface area (Å²) in [5.41, 5.74) is -0.470. The maximum absolute atomic E-state index is 13.9. The molecule has 4 aliphatic rings. The number of pyridine rings is 1. The summed E-state index contributed by atoms with van der Waals surface area (Å²) in [6.45, 7) is -0.0268. The standard InChI is InChI=1S/C22H19F4N5O3/c1-33-18-3-2-13-15(28-18)7-31(30-13)21-8-20(9-21,10-21)29-19(32)17-6-27-14-4-11(22(24,25)26)12(23)5-16(14)34-17/h2-5,7,17,27H,6,8-10H2,1H3,(H,29,32). The first kappa shape index (κ1) is 21.0. The highest BCUT2D eigenvalue weighted by atomic mass is 19.4. The van der Waals surface area contributed by atoms with Gasteiger partial charge in [0.2, 0.25) is 5.88 Å². The second-order valence-electron chi connectivity index (χ2n) is 9.17. The summed E-state index contributed by atoms with van der Waals surface area (Å²) < 4.78 is 65.2. The molecule has 1 aliphatic heterocycles. The number of aromatic nitrogens is 3. The predicted molar refractivity (Wildman–Crippen MR) is 111 cm³/mol. The molecule has 1 aromatic carbocycles. The fourth-order valence-corrected chi connectivity index (χ4v) is 5.25. The molecular formula is C22H19F4N5O3. The Morgan fingerprint density at radius 2 is 2.03 bits per heavy atom. The zero-order chi connectivity index (χ0) is 23.9. The number of nitrogens with zero attached hydrogens (tertiary/aromatic N) is 3. The Kier molecular flexibility index (Phi) is 4.16. The van der Waals surface area contributed by atoms with E-state index in [1.54, 1.807) is 13.2 Å². The van der Waals surface area contributed by atoms with Gasteiger partial charge < -0.3 is 20.1 Å². The van der Waals surface area contributed by atoms with E-state index in [4.69, 9.17) is 9.47 Å². The number of alkyl halides is 3. The van der Waals surface area contributed by atoms with E-state index in [0.29, 0.717) is 37.3 Å². The number of hydrogen-bond acceptors (Lipinski definition) is 6. The fraction of sp³-hybridized carbons (Fsp3) is 0.409. The molecule has 3 aliphatic carbocycles. The number of halogens is 4. The molecule has 0 spiro atoms. The van der Waals surface area contributed by atoms with Gasteiger partial charge in [-0.3, -0.25) is 9.48 Å². The normalized spacial score (nSPS) is 27.0. The lowest BCUT2D eigenvalue weighted by molar-refractivity contribution is -0.163. The quantitative estimate of drug-likeness (QED) is 0.561. The van der Waals surface area contributed by atoms with Crippen LogP contribution >= 0.6 is 0 Å². The highest BCUT2D eigenvalue weighted by molar-refractivity contribution is 5.84. The second-order valence-corrected chi connectivity index (χ2v) is 9.17. The molecule has 0 radical (unpaired) electrons.